The number of hydrogen-bond donors (Lipinski definition) is 0. The van der Waals surface area contributed by atoms with Gasteiger partial charge in [-0.3, -0.25) is 9.69 Å². The van der Waals surface area contributed by atoms with E-state index in [9.17, 15) is 4.79 Å². The molecule has 4 nitrogen and oxygen atoms in total. The molecule has 0 atom stereocenters. The van der Waals surface area contributed by atoms with Gasteiger partial charge in [-0.25, -0.2) is 0 Å². The average Bonchev–Trinajstić information content (AvgIpc) is 3.49. The summed E-state index contributed by atoms with van der Waals surface area (Å²) in [7, 11) is 0. The molecule has 0 unspecified atom stereocenters. The first-order valence-electron chi connectivity index (χ1n) is 9.40. The van der Waals surface area contributed by atoms with E-state index >= 15 is 0 Å². The van der Waals surface area contributed by atoms with Crippen LogP contribution in [0, 0.1) is 6.92 Å². The lowest BCUT2D eigenvalue weighted by Gasteiger charge is -2.30. The van der Waals surface area contributed by atoms with Crippen molar-refractivity contribution in [2.24, 2.45) is 0 Å². The van der Waals surface area contributed by atoms with Gasteiger partial charge in [0, 0.05) is 23.7 Å². The molecule has 0 amide bonds. The molecular weight excluding hydrogens is 338 g/mol. The van der Waals surface area contributed by atoms with Gasteiger partial charge in [0.05, 0.1) is 5.56 Å². The van der Waals surface area contributed by atoms with Gasteiger partial charge in [-0.2, -0.15) is 0 Å². The minimum absolute atomic E-state index is 0.0582. The lowest BCUT2D eigenvalue weighted by molar-refractivity contribution is 0.0872. The number of benzene rings is 2. The zero-order chi connectivity index (χ0) is 18.4. The molecule has 0 radical (unpaired) electrons. The second-order valence-electron chi connectivity index (χ2n) is 7.35. The van der Waals surface area contributed by atoms with Crippen molar-refractivity contribution in [3.05, 3.63) is 76.6 Å². The number of ether oxygens (including phenoxy) is 2. The second kappa shape index (κ2) is 6.39. The molecule has 0 spiro atoms. The smallest absolute Gasteiger partial charge is 0.231 e. The fraction of sp³-hybridized carbons (Fsp3) is 0.261. The normalized spacial score (nSPS) is 20.5. The molecule has 2 heterocycles. The first-order chi connectivity index (χ1) is 13.2. The number of allylic oxidation sites excluding steroid dienone is 3. The number of ketones is 1. The third kappa shape index (κ3) is 2.96. The van der Waals surface area contributed by atoms with E-state index in [1.807, 2.05) is 55.5 Å². The number of carbonyl (C=O) groups is 1. The molecule has 1 aliphatic carbocycles. The maximum Gasteiger partial charge on any atom is 0.231 e. The molecule has 1 saturated carbocycles. The number of nitrogens with zero attached hydrogens (tertiary/aromatic N) is 1. The highest BCUT2D eigenvalue weighted by atomic mass is 16.5. The fourth-order valence-corrected chi connectivity index (χ4v) is 3.77. The molecular formula is C23H21NO3. The van der Waals surface area contributed by atoms with Gasteiger partial charge in [-0.15, -0.1) is 0 Å². The Bertz CT molecular complexity index is 971. The van der Waals surface area contributed by atoms with Crippen LogP contribution in [0.3, 0.4) is 0 Å². The van der Waals surface area contributed by atoms with Crippen LogP contribution < -0.4 is 9.47 Å². The highest BCUT2D eigenvalue weighted by Crippen LogP contribution is 2.44. The molecule has 1 fully saturated rings. The van der Waals surface area contributed by atoms with Crippen LogP contribution in [-0.4, -0.2) is 23.5 Å². The van der Waals surface area contributed by atoms with E-state index in [1.165, 1.54) is 12.8 Å². The molecule has 0 aromatic heterocycles. The Morgan fingerprint density at radius 1 is 1.15 bits per heavy atom. The summed E-state index contributed by atoms with van der Waals surface area (Å²) in [6, 6.07) is 12.6. The van der Waals surface area contributed by atoms with Gasteiger partial charge in [-0.1, -0.05) is 42.5 Å². The number of carbonyl (C=O) groups excluding carboxylic acids is 1. The summed E-state index contributed by atoms with van der Waals surface area (Å²) >= 11 is 0. The summed E-state index contributed by atoms with van der Waals surface area (Å²) in [5.41, 5.74) is 3.73. The molecule has 0 saturated heterocycles. The van der Waals surface area contributed by atoms with Crippen LogP contribution in [-0.2, 0) is 6.54 Å². The number of Topliss-reactive ketones (excluding diaryl/α,β-unsaturated/α-hetero) is 1. The second-order valence-corrected chi connectivity index (χ2v) is 7.35. The number of fused-ring (bicyclic) bond motifs is 2. The van der Waals surface area contributed by atoms with Crippen LogP contribution in [0.15, 0.2) is 54.3 Å². The maximum atomic E-state index is 12.8. The summed E-state index contributed by atoms with van der Waals surface area (Å²) in [6.45, 7) is 3.43. The van der Waals surface area contributed by atoms with E-state index in [-0.39, 0.29) is 5.78 Å². The SMILES string of the molecule is Cc1c2c(cc3c1O/C(=C\C=C\c1ccccc1)C3=O)CN(C1CC1)CO2. The Kier molecular flexibility index (Phi) is 3.87. The first-order valence-corrected chi connectivity index (χ1v) is 9.40. The Morgan fingerprint density at radius 2 is 1.96 bits per heavy atom. The molecule has 0 bridgehead atoms. The largest absolute Gasteiger partial charge is 0.477 e. The zero-order valence-corrected chi connectivity index (χ0v) is 15.3. The Balaban J connectivity index is 1.42. The predicted molar refractivity (Wildman–Crippen MR) is 104 cm³/mol. The Morgan fingerprint density at radius 3 is 2.74 bits per heavy atom. The summed E-state index contributed by atoms with van der Waals surface area (Å²) in [5.74, 6) is 1.82. The van der Waals surface area contributed by atoms with Crippen molar-refractivity contribution in [3.63, 3.8) is 0 Å². The minimum Gasteiger partial charge on any atom is -0.477 e. The fourth-order valence-electron chi connectivity index (χ4n) is 3.77. The van der Waals surface area contributed by atoms with Gasteiger partial charge in [0.25, 0.3) is 0 Å². The van der Waals surface area contributed by atoms with E-state index in [2.05, 4.69) is 4.90 Å². The monoisotopic (exact) mass is 359 g/mol. The van der Waals surface area contributed by atoms with Gasteiger partial charge in [-0.05, 0) is 37.5 Å². The maximum absolute atomic E-state index is 12.8. The van der Waals surface area contributed by atoms with Crippen molar-refractivity contribution in [1.29, 1.82) is 0 Å². The van der Waals surface area contributed by atoms with Crippen molar-refractivity contribution in [1.82, 2.24) is 4.90 Å². The van der Waals surface area contributed by atoms with Crippen molar-refractivity contribution in [3.8, 4) is 11.5 Å². The molecule has 136 valence electrons. The lowest BCUT2D eigenvalue weighted by Crippen LogP contribution is -2.34. The third-order valence-corrected chi connectivity index (χ3v) is 5.36. The Labute approximate surface area is 158 Å². The first kappa shape index (κ1) is 16.3. The Hall–Kier alpha value is -2.85. The van der Waals surface area contributed by atoms with E-state index < -0.39 is 0 Å². The van der Waals surface area contributed by atoms with Crippen molar-refractivity contribution in [2.75, 3.05) is 6.73 Å². The highest BCUT2D eigenvalue weighted by molar-refractivity contribution is 6.13. The summed E-state index contributed by atoms with van der Waals surface area (Å²) in [6.07, 6.45) is 8.04. The molecule has 3 aliphatic rings. The van der Waals surface area contributed by atoms with Gasteiger partial charge < -0.3 is 9.47 Å². The van der Waals surface area contributed by atoms with Crippen LogP contribution in [0.2, 0.25) is 0 Å². The molecule has 2 aromatic carbocycles. The van der Waals surface area contributed by atoms with Gasteiger partial charge in [0.15, 0.2) is 5.76 Å². The van der Waals surface area contributed by atoms with E-state index in [0.29, 0.717) is 29.8 Å². The zero-order valence-electron chi connectivity index (χ0n) is 15.3. The number of rotatable bonds is 3. The molecule has 2 aromatic rings. The van der Waals surface area contributed by atoms with Gasteiger partial charge >= 0.3 is 0 Å². The predicted octanol–water partition coefficient (Wildman–Crippen LogP) is 4.48. The van der Waals surface area contributed by atoms with Gasteiger partial charge in [0.1, 0.15) is 18.2 Å². The van der Waals surface area contributed by atoms with Crippen LogP contribution in [0.1, 0.15) is 39.9 Å². The van der Waals surface area contributed by atoms with Crippen molar-refractivity contribution in [2.45, 2.75) is 32.4 Å². The molecule has 5 rings (SSSR count). The average molecular weight is 359 g/mol. The van der Waals surface area contributed by atoms with Crippen LogP contribution >= 0.6 is 0 Å². The summed E-state index contributed by atoms with van der Waals surface area (Å²) in [4.78, 5) is 15.2. The molecule has 0 N–H and O–H groups in total. The molecule has 4 heteroatoms. The van der Waals surface area contributed by atoms with E-state index in [0.717, 1.165) is 29.0 Å². The van der Waals surface area contributed by atoms with Crippen molar-refractivity contribution < 1.29 is 14.3 Å². The topological polar surface area (TPSA) is 38.8 Å². The quantitative estimate of drug-likeness (QED) is 0.758. The summed E-state index contributed by atoms with van der Waals surface area (Å²) in [5, 5.41) is 0. The third-order valence-electron chi connectivity index (χ3n) is 5.36. The summed E-state index contributed by atoms with van der Waals surface area (Å²) < 4.78 is 11.9. The van der Waals surface area contributed by atoms with Crippen LogP contribution in [0.25, 0.3) is 6.08 Å². The van der Waals surface area contributed by atoms with Crippen LogP contribution in [0.5, 0.6) is 11.5 Å². The van der Waals surface area contributed by atoms with Gasteiger partial charge in [0.2, 0.25) is 5.78 Å². The van der Waals surface area contributed by atoms with Crippen LogP contribution in [0.4, 0.5) is 0 Å². The highest BCUT2D eigenvalue weighted by Gasteiger charge is 2.36. The minimum atomic E-state index is -0.0582. The van der Waals surface area contributed by atoms with Crippen molar-refractivity contribution >= 4 is 11.9 Å². The number of hydrogen-bond acceptors (Lipinski definition) is 4. The van der Waals surface area contributed by atoms with E-state index in [1.54, 1.807) is 6.08 Å². The van der Waals surface area contributed by atoms with E-state index in [4.69, 9.17) is 9.47 Å². The lowest BCUT2D eigenvalue weighted by atomic mass is 10.00. The molecule has 27 heavy (non-hydrogen) atoms. The standard InChI is InChI=1S/C23H21NO3/c1-15-22-17(13-24(14-26-22)18-10-11-18)12-19-21(25)20(27-23(15)19)9-5-8-16-6-3-2-4-7-16/h2-9,12,18H,10-11,13-14H2,1H3/b8-5+,20-9-. The molecule has 2 aliphatic heterocycles.